The first-order valence-corrected chi connectivity index (χ1v) is 10.6. The summed E-state index contributed by atoms with van der Waals surface area (Å²) >= 11 is 1.30. The summed E-state index contributed by atoms with van der Waals surface area (Å²) in [6.07, 6.45) is 4.23. The predicted octanol–water partition coefficient (Wildman–Crippen LogP) is 2.88. The minimum absolute atomic E-state index is 0.222. The second-order valence-electron chi connectivity index (χ2n) is 5.99. The molecule has 27 heavy (non-hydrogen) atoms. The van der Waals surface area contributed by atoms with Gasteiger partial charge >= 0.3 is 0 Å². The van der Waals surface area contributed by atoms with Gasteiger partial charge in [0, 0.05) is 18.7 Å². The molecule has 138 valence electrons. The lowest BCUT2D eigenvalue weighted by molar-refractivity contribution is 0.534. The monoisotopic (exact) mass is 401 g/mol. The van der Waals surface area contributed by atoms with E-state index in [1.54, 1.807) is 24.5 Å². The van der Waals surface area contributed by atoms with Crippen molar-refractivity contribution in [1.29, 1.82) is 0 Å². The molecule has 8 nitrogen and oxygen atoms in total. The van der Waals surface area contributed by atoms with E-state index in [9.17, 15) is 8.42 Å². The van der Waals surface area contributed by atoms with Crippen LogP contribution in [0.25, 0.3) is 22.3 Å². The summed E-state index contributed by atoms with van der Waals surface area (Å²) in [6.45, 7) is 1.86. The molecule has 0 saturated carbocycles. The van der Waals surface area contributed by atoms with Gasteiger partial charge < -0.3 is 8.98 Å². The van der Waals surface area contributed by atoms with Crippen LogP contribution in [0.5, 0.6) is 0 Å². The van der Waals surface area contributed by atoms with Gasteiger partial charge in [-0.2, -0.15) is 0 Å². The molecule has 10 heteroatoms. The lowest BCUT2D eigenvalue weighted by atomic mass is 10.2. The minimum Gasteiger partial charge on any atom is -0.469 e. The van der Waals surface area contributed by atoms with E-state index >= 15 is 0 Å². The highest BCUT2D eigenvalue weighted by atomic mass is 32.2. The highest BCUT2D eigenvalue weighted by Crippen LogP contribution is 2.33. The molecule has 0 aliphatic carbocycles. The van der Waals surface area contributed by atoms with Gasteiger partial charge in [-0.05, 0) is 43.0 Å². The van der Waals surface area contributed by atoms with Crippen LogP contribution >= 0.6 is 11.8 Å². The van der Waals surface area contributed by atoms with Gasteiger partial charge in [0.25, 0.3) is 0 Å². The van der Waals surface area contributed by atoms with Gasteiger partial charge in [-0.15, -0.1) is 10.2 Å². The Kier molecular flexibility index (Phi) is 4.23. The Labute approximate surface area is 159 Å². The first-order valence-electron chi connectivity index (χ1n) is 7.91. The number of sulfone groups is 1. The molecular formula is C17H15N5O3S2. The van der Waals surface area contributed by atoms with Crippen molar-refractivity contribution in [2.45, 2.75) is 22.0 Å². The maximum absolute atomic E-state index is 11.9. The summed E-state index contributed by atoms with van der Waals surface area (Å²) in [4.78, 5) is 8.75. The molecule has 0 amide bonds. The highest BCUT2D eigenvalue weighted by Gasteiger charge is 2.18. The second-order valence-corrected chi connectivity index (χ2v) is 8.96. The summed E-state index contributed by atoms with van der Waals surface area (Å²) in [5.41, 5.74) is 1.52. The van der Waals surface area contributed by atoms with E-state index in [0.29, 0.717) is 26.9 Å². The van der Waals surface area contributed by atoms with Crippen LogP contribution in [-0.2, 0) is 16.9 Å². The number of hydrogen-bond donors (Lipinski definition) is 0. The molecule has 3 heterocycles. The number of aryl methyl sites for hydroxylation is 1. The molecule has 4 aromatic rings. The van der Waals surface area contributed by atoms with E-state index in [4.69, 9.17) is 4.42 Å². The van der Waals surface area contributed by atoms with Crippen molar-refractivity contribution in [3.63, 3.8) is 0 Å². The molecule has 0 radical (unpaired) electrons. The molecule has 0 bridgehead atoms. The molecule has 0 N–H and O–H groups in total. The van der Waals surface area contributed by atoms with Crippen LogP contribution in [0.1, 0.15) is 5.76 Å². The molecule has 0 aliphatic heterocycles. The zero-order chi connectivity index (χ0) is 19.2. The first kappa shape index (κ1) is 17.7. The topological polar surface area (TPSA) is 104 Å². The van der Waals surface area contributed by atoms with Crippen molar-refractivity contribution >= 4 is 32.5 Å². The van der Waals surface area contributed by atoms with Crippen LogP contribution in [0.4, 0.5) is 0 Å². The zero-order valence-corrected chi connectivity index (χ0v) is 16.4. The van der Waals surface area contributed by atoms with Crippen molar-refractivity contribution in [3.8, 4) is 11.4 Å². The number of fused-ring (bicyclic) bond motifs is 1. The summed E-state index contributed by atoms with van der Waals surface area (Å²) in [5, 5.41) is 10.4. The highest BCUT2D eigenvalue weighted by molar-refractivity contribution is 7.99. The summed E-state index contributed by atoms with van der Waals surface area (Å²) in [6, 6.07) is 6.65. The summed E-state index contributed by atoms with van der Waals surface area (Å²) in [7, 11) is -1.47. The first-order chi connectivity index (χ1) is 12.8. The molecule has 4 rings (SSSR count). The predicted molar refractivity (Wildman–Crippen MR) is 100 cm³/mol. The van der Waals surface area contributed by atoms with Gasteiger partial charge in [0.1, 0.15) is 17.1 Å². The largest absolute Gasteiger partial charge is 0.469 e. The Hall–Kier alpha value is -2.72. The fraction of sp³-hybridized carbons (Fsp3) is 0.176. The lowest BCUT2D eigenvalue weighted by Gasteiger charge is -2.06. The third-order valence-electron chi connectivity index (χ3n) is 4.12. The Morgan fingerprint density at radius 3 is 2.67 bits per heavy atom. The van der Waals surface area contributed by atoms with E-state index < -0.39 is 9.84 Å². The Bertz CT molecular complexity index is 1260. The molecule has 0 spiro atoms. The molecule has 0 unspecified atom stereocenters. The second kappa shape index (κ2) is 6.46. The van der Waals surface area contributed by atoms with Crippen LogP contribution in [0.3, 0.4) is 0 Å². The quantitative estimate of drug-likeness (QED) is 0.481. The molecule has 1 aromatic carbocycles. The Morgan fingerprint density at radius 1 is 1.15 bits per heavy atom. The lowest BCUT2D eigenvalue weighted by Crippen LogP contribution is -1.98. The van der Waals surface area contributed by atoms with Crippen LogP contribution in [0.15, 0.2) is 56.4 Å². The zero-order valence-electron chi connectivity index (χ0n) is 14.7. The van der Waals surface area contributed by atoms with Crippen LogP contribution in [-0.4, -0.2) is 39.4 Å². The van der Waals surface area contributed by atoms with Crippen molar-refractivity contribution < 1.29 is 12.8 Å². The maximum atomic E-state index is 11.9. The van der Waals surface area contributed by atoms with Gasteiger partial charge in [-0.25, -0.2) is 18.4 Å². The van der Waals surface area contributed by atoms with Crippen molar-refractivity contribution in [1.82, 2.24) is 24.7 Å². The molecule has 0 saturated heterocycles. The Balaban J connectivity index is 1.78. The van der Waals surface area contributed by atoms with Gasteiger partial charge in [-0.1, -0.05) is 0 Å². The molecule has 0 fully saturated rings. The average Bonchev–Trinajstić information content (AvgIpc) is 3.20. The average molecular weight is 401 g/mol. The fourth-order valence-electron chi connectivity index (χ4n) is 2.67. The van der Waals surface area contributed by atoms with E-state index in [1.165, 1.54) is 24.3 Å². The third kappa shape index (κ3) is 3.21. The van der Waals surface area contributed by atoms with Crippen LogP contribution < -0.4 is 0 Å². The van der Waals surface area contributed by atoms with Crippen molar-refractivity contribution in [2.24, 2.45) is 7.05 Å². The fourth-order valence-corrected chi connectivity index (χ4v) is 4.16. The molecule has 0 aliphatic rings. The number of hydrogen-bond acceptors (Lipinski definition) is 8. The Morgan fingerprint density at radius 2 is 1.96 bits per heavy atom. The number of rotatable bonds is 4. The molecular weight excluding hydrogens is 386 g/mol. The van der Waals surface area contributed by atoms with E-state index in [-0.39, 0.29) is 4.90 Å². The van der Waals surface area contributed by atoms with E-state index in [1.807, 2.05) is 24.6 Å². The normalized spacial score (nSPS) is 12.0. The van der Waals surface area contributed by atoms with Gasteiger partial charge in [0.05, 0.1) is 22.2 Å². The number of benzene rings is 1. The van der Waals surface area contributed by atoms with Gasteiger partial charge in [-0.3, -0.25) is 0 Å². The summed E-state index contributed by atoms with van der Waals surface area (Å²) in [5.74, 6) is 1.44. The standard InChI is InChI=1S/C17H15N5O3S2/c1-10-12(6-7-25-10)15-20-21-17(22(15)2)26-16-13-8-11(27(3,23)24)4-5-14(13)18-9-19-16/h4-9H,1-3H3. The maximum Gasteiger partial charge on any atom is 0.197 e. The van der Waals surface area contributed by atoms with Gasteiger partial charge in [0.2, 0.25) is 0 Å². The third-order valence-corrected chi connectivity index (χ3v) is 6.29. The van der Waals surface area contributed by atoms with E-state index in [2.05, 4.69) is 20.2 Å². The molecule has 3 aromatic heterocycles. The number of nitrogens with zero attached hydrogens (tertiary/aromatic N) is 5. The number of aromatic nitrogens is 5. The smallest absolute Gasteiger partial charge is 0.197 e. The van der Waals surface area contributed by atoms with Crippen LogP contribution in [0.2, 0.25) is 0 Å². The number of furan rings is 1. The van der Waals surface area contributed by atoms with Gasteiger partial charge in [0.15, 0.2) is 20.8 Å². The van der Waals surface area contributed by atoms with Crippen molar-refractivity contribution in [3.05, 3.63) is 42.6 Å². The summed E-state index contributed by atoms with van der Waals surface area (Å²) < 4.78 is 31.0. The minimum atomic E-state index is -3.33. The van der Waals surface area contributed by atoms with E-state index in [0.717, 1.165) is 11.3 Å². The van der Waals surface area contributed by atoms with Crippen LogP contribution in [0, 0.1) is 6.92 Å². The van der Waals surface area contributed by atoms with Crippen molar-refractivity contribution in [2.75, 3.05) is 6.26 Å². The molecule has 0 atom stereocenters. The SMILES string of the molecule is Cc1occc1-c1nnc(Sc2ncnc3ccc(S(C)(=O)=O)cc23)n1C.